The average molecular weight is 500 g/mol. The van der Waals surface area contributed by atoms with Gasteiger partial charge in [0, 0.05) is 18.5 Å². The van der Waals surface area contributed by atoms with Crippen LogP contribution in [0.15, 0.2) is 43.1 Å². The molecule has 1 aromatic rings. The van der Waals surface area contributed by atoms with Crippen LogP contribution in [0.25, 0.3) is 6.08 Å². The van der Waals surface area contributed by atoms with Crippen molar-refractivity contribution in [2.45, 2.75) is 96.2 Å². The van der Waals surface area contributed by atoms with E-state index in [-0.39, 0.29) is 29.8 Å². The van der Waals surface area contributed by atoms with E-state index in [1.165, 1.54) is 0 Å². The van der Waals surface area contributed by atoms with Crippen molar-refractivity contribution in [1.82, 2.24) is 4.98 Å². The number of epoxide rings is 1. The van der Waals surface area contributed by atoms with Crippen molar-refractivity contribution in [2.75, 3.05) is 0 Å². The Morgan fingerprint density at radius 3 is 2.64 bits per heavy atom. The number of rotatable bonds is 4. The number of nitrogens with zero attached hydrogens (tertiary/aromatic N) is 1. The van der Waals surface area contributed by atoms with E-state index < -0.39 is 35.6 Å². The zero-order valence-corrected chi connectivity index (χ0v) is 21.9. The molecule has 0 saturated carbocycles. The molecule has 2 fully saturated rings. The number of allylic oxidation sites excluding steroid dienone is 1. The van der Waals surface area contributed by atoms with Gasteiger partial charge >= 0.3 is 5.97 Å². The lowest BCUT2D eigenvalue weighted by Gasteiger charge is -2.35. The topological polar surface area (TPSA) is 109 Å². The van der Waals surface area contributed by atoms with Gasteiger partial charge in [0.25, 0.3) is 0 Å². The molecule has 36 heavy (non-hydrogen) atoms. The number of cyclic esters (lactones) is 1. The minimum atomic E-state index is -1.26. The average Bonchev–Trinajstić information content (AvgIpc) is 3.48. The normalized spacial score (nSPS) is 36.2. The lowest BCUT2D eigenvalue weighted by atomic mass is 9.71. The summed E-state index contributed by atoms with van der Waals surface area (Å²) in [7, 11) is 0. The summed E-state index contributed by atoms with van der Waals surface area (Å²) in [6.45, 7) is 11.0. The monoisotopic (exact) mass is 499 g/mol. The molecule has 0 aromatic carbocycles. The number of ether oxygens (including phenoxy) is 2. The minimum absolute atomic E-state index is 0.0618. The smallest absolute Gasteiger partial charge is 0.309 e. The number of carbonyl (C=O) groups excluding carboxylic acids is 2. The molecule has 7 heteroatoms. The first-order valence-electron chi connectivity index (χ1n) is 13.0. The van der Waals surface area contributed by atoms with Gasteiger partial charge in [0.15, 0.2) is 0 Å². The van der Waals surface area contributed by atoms with Crippen LogP contribution in [0.5, 0.6) is 0 Å². The van der Waals surface area contributed by atoms with Crippen LogP contribution < -0.4 is 0 Å². The van der Waals surface area contributed by atoms with Crippen molar-refractivity contribution in [2.24, 2.45) is 17.3 Å². The number of pyridine rings is 1. The van der Waals surface area contributed by atoms with Gasteiger partial charge in [-0.2, -0.15) is 0 Å². The Hall–Kier alpha value is -2.35. The number of ketones is 1. The fourth-order valence-electron chi connectivity index (χ4n) is 5.06. The van der Waals surface area contributed by atoms with E-state index in [1.807, 2.05) is 31.2 Å². The minimum Gasteiger partial charge on any atom is -0.458 e. The highest BCUT2D eigenvalue weighted by molar-refractivity contribution is 5.88. The maximum absolute atomic E-state index is 13.5. The first kappa shape index (κ1) is 28.2. The number of aliphatic hydroxyl groups is 2. The van der Waals surface area contributed by atoms with Crippen molar-refractivity contribution in [3.63, 3.8) is 0 Å². The van der Waals surface area contributed by atoms with Crippen molar-refractivity contribution in [1.29, 1.82) is 0 Å². The molecule has 2 unspecified atom stereocenters. The van der Waals surface area contributed by atoms with Crippen LogP contribution >= 0.6 is 0 Å². The zero-order chi connectivity index (χ0) is 26.5. The molecule has 2 aliphatic heterocycles. The molecule has 7 atom stereocenters. The Morgan fingerprint density at radius 2 is 1.97 bits per heavy atom. The van der Waals surface area contributed by atoms with Crippen molar-refractivity contribution in [3.05, 3.63) is 48.8 Å². The molecule has 0 radical (unpaired) electrons. The van der Waals surface area contributed by atoms with Gasteiger partial charge in [-0.1, -0.05) is 39.3 Å². The molecule has 2 saturated heterocycles. The SMILES string of the molecule is C=CC[C@H]1C(=O)C(C)(C)[C@@H](O)CC(=O)O[C@H](C=Cc2ccccn2)CC2OC2(C)CCC[C@H](C)[C@H]1O. The third kappa shape index (κ3) is 6.90. The van der Waals surface area contributed by atoms with Crippen LogP contribution in [0.1, 0.15) is 71.9 Å². The number of aliphatic hydroxyl groups excluding tert-OH is 2. The Morgan fingerprint density at radius 1 is 1.22 bits per heavy atom. The van der Waals surface area contributed by atoms with Crippen LogP contribution in [0.4, 0.5) is 0 Å². The maximum Gasteiger partial charge on any atom is 0.309 e. The molecule has 3 heterocycles. The van der Waals surface area contributed by atoms with Gasteiger partial charge in [0.2, 0.25) is 0 Å². The van der Waals surface area contributed by atoms with Crippen molar-refractivity contribution in [3.8, 4) is 0 Å². The fourth-order valence-corrected chi connectivity index (χ4v) is 5.06. The van der Waals surface area contributed by atoms with Gasteiger partial charge in [0.05, 0.1) is 41.4 Å². The molecule has 0 amide bonds. The molecular formula is C29H41NO6. The predicted molar refractivity (Wildman–Crippen MR) is 138 cm³/mol. The molecule has 0 spiro atoms. The summed E-state index contributed by atoms with van der Waals surface area (Å²) in [6.07, 6.45) is 7.02. The summed E-state index contributed by atoms with van der Waals surface area (Å²) in [4.78, 5) is 30.7. The quantitative estimate of drug-likeness (QED) is 0.362. The van der Waals surface area contributed by atoms with E-state index in [9.17, 15) is 19.8 Å². The van der Waals surface area contributed by atoms with Gasteiger partial charge in [-0.15, -0.1) is 6.58 Å². The first-order chi connectivity index (χ1) is 17.0. The zero-order valence-electron chi connectivity index (χ0n) is 21.9. The van der Waals surface area contributed by atoms with Gasteiger partial charge in [0.1, 0.15) is 11.9 Å². The molecule has 3 rings (SSSR count). The second-order valence-corrected chi connectivity index (χ2v) is 11.1. The van der Waals surface area contributed by atoms with E-state index in [2.05, 4.69) is 18.5 Å². The standard InChI is InChI=1S/C29H41NO6/c1-6-10-22-26(33)19(2)11-9-15-29(5)24(36-29)17-21(14-13-20-12-7-8-16-30-20)35-25(32)18-23(31)28(3,4)27(22)34/h6-8,12-14,16,19,21-24,26,31,33H,1,9-11,15,17-18H2,2-5H3/t19-,21+,22+,23-,24?,26+,29?/m0/s1. The highest BCUT2D eigenvalue weighted by atomic mass is 16.6. The van der Waals surface area contributed by atoms with Gasteiger partial charge in [-0.3, -0.25) is 14.6 Å². The number of hydrogen-bond acceptors (Lipinski definition) is 7. The summed E-state index contributed by atoms with van der Waals surface area (Å²) >= 11 is 0. The molecule has 2 N–H and O–H groups in total. The number of hydrogen-bond donors (Lipinski definition) is 2. The van der Waals surface area contributed by atoms with Crippen LogP contribution in [-0.2, 0) is 19.1 Å². The van der Waals surface area contributed by atoms with Crippen LogP contribution in [0.2, 0.25) is 0 Å². The lowest BCUT2D eigenvalue weighted by Crippen LogP contribution is -2.46. The Balaban J connectivity index is 1.84. The molecule has 2 aliphatic rings. The molecule has 7 nitrogen and oxygen atoms in total. The second-order valence-electron chi connectivity index (χ2n) is 11.1. The third-order valence-electron chi connectivity index (χ3n) is 7.85. The summed E-state index contributed by atoms with van der Waals surface area (Å²) in [5.41, 5.74) is -0.821. The van der Waals surface area contributed by atoms with E-state index in [0.717, 1.165) is 25.0 Å². The van der Waals surface area contributed by atoms with Crippen molar-refractivity contribution < 1.29 is 29.3 Å². The number of aromatic nitrogens is 1. The summed E-state index contributed by atoms with van der Waals surface area (Å²) in [5.74, 6) is -1.69. The predicted octanol–water partition coefficient (Wildman–Crippen LogP) is 4.27. The summed E-state index contributed by atoms with van der Waals surface area (Å²) in [5, 5.41) is 22.0. The van der Waals surface area contributed by atoms with Gasteiger partial charge in [-0.05, 0) is 56.4 Å². The molecule has 1 aromatic heterocycles. The van der Waals surface area contributed by atoms with Crippen LogP contribution in [0, 0.1) is 17.3 Å². The maximum atomic E-state index is 13.5. The van der Waals surface area contributed by atoms with E-state index in [0.29, 0.717) is 12.8 Å². The molecule has 198 valence electrons. The number of Topliss-reactive ketones (excluding diaryl/α,β-unsaturated/α-hetero) is 1. The number of fused-ring (bicyclic) bond motifs is 1. The van der Waals surface area contributed by atoms with E-state index in [1.54, 1.807) is 32.2 Å². The Labute approximate surface area is 214 Å². The number of esters is 1. The Kier molecular flexibility index (Phi) is 9.25. The lowest BCUT2D eigenvalue weighted by molar-refractivity contribution is -0.154. The molecule has 0 aliphatic carbocycles. The summed E-state index contributed by atoms with van der Waals surface area (Å²) < 4.78 is 11.8. The number of carbonyl (C=O) groups is 2. The molecular weight excluding hydrogens is 458 g/mol. The second kappa shape index (κ2) is 11.8. The fraction of sp³-hybridized carbons (Fsp3) is 0.621. The Bertz CT molecular complexity index is 944. The highest BCUT2D eigenvalue weighted by Crippen LogP contribution is 2.44. The largest absolute Gasteiger partial charge is 0.458 e. The first-order valence-corrected chi connectivity index (χ1v) is 13.0. The van der Waals surface area contributed by atoms with Crippen LogP contribution in [0.3, 0.4) is 0 Å². The summed E-state index contributed by atoms with van der Waals surface area (Å²) in [6, 6.07) is 5.57. The van der Waals surface area contributed by atoms with E-state index in [4.69, 9.17) is 9.47 Å². The van der Waals surface area contributed by atoms with Crippen LogP contribution in [-0.4, -0.2) is 57.0 Å². The van der Waals surface area contributed by atoms with Crippen molar-refractivity contribution >= 4 is 17.8 Å². The van der Waals surface area contributed by atoms with Gasteiger partial charge < -0.3 is 19.7 Å². The van der Waals surface area contributed by atoms with E-state index >= 15 is 0 Å². The van der Waals surface area contributed by atoms with Gasteiger partial charge in [-0.25, -0.2) is 0 Å². The molecule has 0 bridgehead atoms. The third-order valence-corrected chi connectivity index (χ3v) is 7.85. The highest BCUT2D eigenvalue weighted by Gasteiger charge is 2.52.